The van der Waals surface area contributed by atoms with Crippen LogP contribution < -0.4 is 4.74 Å². The van der Waals surface area contributed by atoms with E-state index in [1.165, 1.54) is 0 Å². The van der Waals surface area contributed by atoms with E-state index in [0.717, 1.165) is 16.9 Å². The van der Waals surface area contributed by atoms with Crippen molar-refractivity contribution < 1.29 is 19.4 Å². The van der Waals surface area contributed by atoms with E-state index in [0.29, 0.717) is 32.4 Å². The van der Waals surface area contributed by atoms with Gasteiger partial charge in [0.2, 0.25) is 5.91 Å². The van der Waals surface area contributed by atoms with Crippen molar-refractivity contribution in [2.75, 3.05) is 20.2 Å². The second-order valence-electron chi connectivity index (χ2n) is 7.51. The molecule has 3 rings (SSSR count). The Kier molecular flexibility index (Phi) is 6.02. The molecule has 148 valence electrons. The first-order valence-corrected chi connectivity index (χ1v) is 9.67. The highest BCUT2D eigenvalue weighted by Crippen LogP contribution is 2.36. The van der Waals surface area contributed by atoms with Crippen molar-refractivity contribution in [2.45, 2.75) is 37.5 Å². The van der Waals surface area contributed by atoms with Crippen LogP contribution in [-0.4, -0.2) is 42.1 Å². The molecule has 0 saturated carbocycles. The van der Waals surface area contributed by atoms with Crippen molar-refractivity contribution in [1.82, 2.24) is 4.90 Å². The number of likely N-dealkylation sites (tertiary alicyclic amines) is 1. The molecule has 1 aliphatic rings. The van der Waals surface area contributed by atoms with Gasteiger partial charge >= 0.3 is 5.97 Å². The number of carboxylic acids is 1. The number of nitrogens with zero attached hydrogens (tertiary/aromatic N) is 1. The fourth-order valence-electron chi connectivity index (χ4n) is 3.96. The van der Waals surface area contributed by atoms with Crippen molar-refractivity contribution in [3.63, 3.8) is 0 Å². The molecule has 1 amide bonds. The van der Waals surface area contributed by atoms with Gasteiger partial charge in [0.15, 0.2) is 0 Å². The predicted octanol–water partition coefficient (Wildman–Crippen LogP) is 3.83. The highest BCUT2D eigenvalue weighted by atomic mass is 16.5. The monoisotopic (exact) mass is 381 g/mol. The van der Waals surface area contributed by atoms with Crippen molar-refractivity contribution in [2.24, 2.45) is 0 Å². The van der Waals surface area contributed by atoms with E-state index in [1.807, 2.05) is 66.4 Å². The van der Waals surface area contributed by atoms with Crippen LogP contribution in [0.25, 0.3) is 0 Å². The molecule has 0 aliphatic carbocycles. The van der Waals surface area contributed by atoms with Crippen LogP contribution in [0.5, 0.6) is 5.75 Å². The van der Waals surface area contributed by atoms with Crippen LogP contribution in [-0.2, 0) is 15.0 Å². The molecule has 2 aromatic rings. The molecule has 0 aromatic heterocycles. The average Bonchev–Trinajstić information content (AvgIpc) is 2.74. The Hall–Kier alpha value is -2.82. The first-order chi connectivity index (χ1) is 13.5. The van der Waals surface area contributed by atoms with Crippen LogP contribution in [0.4, 0.5) is 0 Å². The van der Waals surface area contributed by atoms with E-state index < -0.39 is 11.4 Å². The summed E-state index contributed by atoms with van der Waals surface area (Å²) in [4.78, 5) is 26.6. The van der Waals surface area contributed by atoms with Gasteiger partial charge in [-0.2, -0.15) is 0 Å². The van der Waals surface area contributed by atoms with E-state index in [-0.39, 0.29) is 11.8 Å². The summed E-state index contributed by atoms with van der Waals surface area (Å²) >= 11 is 0. The Morgan fingerprint density at radius 3 is 2.21 bits per heavy atom. The summed E-state index contributed by atoms with van der Waals surface area (Å²) in [7, 11) is 1.63. The van der Waals surface area contributed by atoms with Crippen LogP contribution in [0.15, 0.2) is 54.6 Å². The lowest BCUT2D eigenvalue weighted by Gasteiger charge is -2.39. The standard InChI is InChI=1S/C23H27NO4/c1-17(18-8-10-20(28-2)11-9-18)16-21(25)24-14-12-23(13-15-24,22(26)27)19-6-4-3-5-7-19/h3-11,17H,12-16H2,1-2H3,(H,26,27). The van der Waals surface area contributed by atoms with E-state index >= 15 is 0 Å². The van der Waals surface area contributed by atoms with E-state index in [9.17, 15) is 14.7 Å². The van der Waals surface area contributed by atoms with Crippen molar-refractivity contribution in [3.8, 4) is 5.75 Å². The van der Waals surface area contributed by atoms with Crippen molar-refractivity contribution in [3.05, 3.63) is 65.7 Å². The lowest BCUT2D eigenvalue weighted by atomic mass is 9.72. The minimum Gasteiger partial charge on any atom is -0.497 e. The third kappa shape index (κ3) is 4.03. The molecule has 5 nitrogen and oxygen atoms in total. The number of carbonyl (C=O) groups excluding carboxylic acids is 1. The Morgan fingerprint density at radius 2 is 1.68 bits per heavy atom. The van der Waals surface area contributed by atoms with Crippen LogP contribution in [0.1, 0.15) is 43.2 Å². The lowest BCUT2D eigenvalue weighted by molar-refractivity contribution is -0.148. The van der Waals surface area contributed by atoms with Gasteiger partial charge in [-0.15, -0.1) is 0 Å². The molecule has 0 radical (unpaired) electrons. The van der Waals surface area contributed by atoms with Crippen LogP contribution >= 0.6 is 0 Å². The number of hydrogen-bond acceptors (Lipinski definition) is 3. The highest BCUT2D eigenvalue weighted by Gasteiger charge is 2.43. The summed E-state index contributed by atoms with van der Waals surface area (Å²) in [5.74, 6) is 0.163. The third-order valence-corrected chi connectivity index (χ3v) is 5.87. The van der Waals surface area contributed by atoms with E-state index in [4.69, 9.17) is 4.74 Å². The quantitative estimate of drug-likeness (QED) is 0.826. The Labute approximate surface area is 165 Å². The second kappa shape index (κ2) is 8.46. The van der Waals surface area contributed by atoms with Crippen LogP contribution in [0.3, 0.4) is 0 Å². The fourth-order valence-corrected chi connectivity index (χ4v) is 3.96. The normalized spacial score (nSPS) is 17.0. The maximum absolute atomic E-state index is 12.8. The van der Waals surface area contributed by atoms with E-state index in [1.54, 1.807) is 7.11 Å². The molecule has 5 heteroatoms. The summed E-state index contributed by atoms with van der Waals surface area (Å²) in [6.07, 6.45) is 1.29. The van der Waals surface area contributed by atoms with Crippen molar-refractivity contribution >= 4 is 11.9 Å². The molecular formula is C23H27NO4. The zero-order valence-electron chi connectivity index (χ0n) is 16.4. The zero-order valence-corrected chi connectivity index (χ0v) is 16.4. The average molecular weight is 381 g/mol. The highest BCUT2D eigenvalue weighted by molar-refractivity contribution is 5.83. The van der Waals surface area contributed by atoms with Gasteiger partial charge in [-0.05, 0) is 42.0 Å². The number of ether oxygens (including phenoxy) is 1. The van der Waals surface area contributed by atoms with Gasteiger partial charge < -0.3 is 14.7 Å². The molecule has 1 heterocycles. The largest absolute Gasteiger partial charge is 0.497 e. The number of aliphatic carboxylic acids is 1. The van der Waals surface area contributed by atoms with Crippen LogP contribution in [0, 0.1) is 0 Å². The van der Waals surface area contributed by atoms with Gasteiger partial charge in [0.25, 0.3) is 0 Å². The van der Waals surface area contributed by atoms with Crippen molar-refractivity contribution in [1.29, 1.82) is 0 Å². The molecule has 1 N–H and O–H groups in total. The zero-order chi connectivity index (χ0) is 20.1. The summed E-state index contributed by atoms with van der Waals surface area (Å²) < 4.78 is 5.18. The molecule has 1 saturated heterocycles. The van der Waals surface area contributed by atoms with Gasteiger partial charge in [0.05, 0.1) is 12.5 Å². The number of rotatable bonds is 6. The molecule has 28 heavy (non-hydrogen) atoms. The van der Waals surface area contributed by atoms with Gasteiger partial charge in [-0.3, -0.25) is 9.59 Å². The molecule has 0 bridgehead atoms. The summed E-state index contributed by atoms with van der Waals surface area (Å²) in [5.41, 5.74) is 1.01. The molecule has 1 unspecified atom stereocenters. The van der Waals surface area contributed by atoms with Gasteiger partial charge in [0.1, 0.15) is 5.75 Å². The molecule has 1 fully saturated rings. The topological polar surface area (TPSA) is 66.8 Å². The number of piperidine rings is 1. The number of methoxy groups -OCH3 is 1. The number of carbonyl (C=O) groups is 2. The Bertz CT molecular complexity index is 808. The fraction of sp³-hybridized carbons (Fsp3) is 0.391. The van der Waals surface area contributed by atoms with Crippen LogP contribution in [0.2, 0.25) is 0 Å². The lowest BCUT2D eigenvalue weighted by Crippen LogP contribution is -2.49. The van der Waals surface area contributed by atoms with E-state index in [2.05, 4.69) is 0 Å². The Balaban J connectivity index is 1.63. The molecule has 1 aliphatic heterocycles. The predicted molar refractivity (Wildman–Crippen MR) is 108 cm³/mol. The smallest absolute Gasteiger partial charge is 0.314 e. The molecule has 0 spiro atoms. The molecular weight excluding hydrogens is 354 g/mol. The number of hydrogen-bond donors (Lipinski definition) is 1. The molecule has 2 aromatic carbocycles. The molecule has 1 atom stereocenters. The minimum atomic E-state index is -0.903. The van der Waals surface area contributed by atoms with Gasteiger partial charge in [-0.25, -0.2) is 0 Å². The van der Waals surface area contributed by atoms with Gasteiger partial charge in [0, 0.05) is 19.5 Å². The summed E-state index contributed by atoms with van der Waals surface area (Å²) in [6.45, 7) is 2.97. The third-order valence-electron chi connectivity index (χ3n) is 5.87. The summed E-state index contributed by atoms with van der Waals surface area (Å²) in [5, 5.41) is 9.89. The maximum Gasteiger partial charge on any atom is 0.314 e. The van der Waals surface area contributed by atoms with Gasteiger partial charge in [-0.1, -0.05) is 49.4 Å². The number of amides is 1. The number of carboxylic acid groups (broad SMARTS) is 1. The minimum absolute atomic E-state index is 0.0790. The number of benzene rings is 2. The maximum atomic E-state index is 12.8. The SMILES string of the molecule is COc1ccc(C(C)CC(=O)N2CCC(C(=O)O)(c3ccccc3)CC2)cc1. The first kappa shape index (κ1) is 19.9. The summed E-state index contributed by atoms with van der Waals surface area (Å²) in [6, 6.07) is 17.1. The Morgan fingerprint density at radius 1 is 1.07 bits per heavy atom. The first-order valence-electron chi connectivity index (χ1n) is 9.67. The second-order valence-corrected chi connectivity index (χ2v) is 7.51.